The molecule has 0 atom stereocenters. The van der Waals surface area contributed by atoms with Gasteiger partial charge in [-0.15, -0.1) is 0 Å². The monoisotopic (exact) mass is 433 g/mol. The van der Waals surface area contributed by atoms with E-state index in [0.29, 0.717) is 10.6 Å². The maximum atomic E-state index is 12.6. The van der Waals surface area contributed by atoms with Crippen molar-refractivity contribution >= 4 is 34.9 Å². The number of anilines is 2. The van der Waals surface area contributed by atoms with E-state index in [-0.39, 0.29) is 11.4 Å². The zero-order valence-corrected chi connectivity index (χ0v) is 16.0. The molecule has 0 radical (unpaired) electrons. The van der Waals surface area contributed by atoms with Gasteiger partial charge in [-0.1, -0.05) is 23.9 Å². The zero-order chi connectivity index (χ0) is 21.7. The van der Waals surface area contributed by atoms with Gasteiger partial charge in [0.05, 0.1) is 16.2 Å². The number of hydrogen-bond donors (Lipinski definition) is 2. The number of urea groups is 1. The fourth-order valence-corrected chi connectivity index (χ4v) is 3.35. The number of hydrogen-bond acceptors (Lipinski definition) is 4. The summed E-state index contributed by atoms with van der Waals surface area (Å²) >= 11 is 1.30. The van der Waals surface area contributed by atoms with Gasteiger partial charge in [0.1, 0.15) is 0 Å². The number of amides is 2. The van der Waals surface area contributed by atoms with Gasteiger partial charge in [0.2, 0.25) is 0 Å². The number of halogens is 3. The second-order valence-electron chi connectivity index (χ2n) is 6.00. The molecule has 0 saturated carbocycles. The molecule has 3 rings (SSSR count). The Labute approximate surface area is 173 Å². The van der Waals surface area contributed by atoms with Gasteiger partial charge in [-0.3, -0.25) is 10.1 Å². The Hall–Kier alpha value is -3.53. The topological polar surface area (TPSA) is 84.3 Å². The van der Waals surface area contributed by atoms with Gasteiger partial charge in [-0.25, -0.2) is 4.79 Å². The van der Waals surface area contributed by atoms with Gasteiger partial charge in [0.15, 0.2) is 0 Å². The summed E-state index contributed by atoms with van der Waals surface area (Å²) in [6, 6.07) is 16.4. The quantitative estimate of drug-likeness (QED) is 0.360. The van der Waals surface area contributed by atoms with Crippen LogP contribution in [0, 0.1) is 10.1 Å². The van der Waals surface area contributed by atoms with E-state index in [4.69, 9.17) is 0 Å². The van der Waals surface area contributed by atoms with Crippen LogP contribution in [0.15, 0.2) is 82.6 Å². The lowest BCUT2D eigenvalue weighted by molar-refractivity contribution is -0.384. The van der Waals surface area contributed by atoms with E-state index in [9.17, 15) is 28.1 Å². The van der Waals surface area contributed by atoms with Crippen molar-refractivity contribution in [2.24, 2.45) is 0 Å². The molecule has 3 aromatic rings. The number of carbonyl (C=O) groups excluding carboxylic acids is 1. The van der Waals surface area contributed by atoms with E-state index in [1.54, 1.807) is 36.4 Å². The average Bonchev–Trinajstić information content (AvgIpc) is 2.69. The fourth-order valence-electron chi connectivity index (χ4n) is 2.45. The van der Waals surface area contributed by atoms with Gasteiger partial charge >= 0.3 is 12.2 Å². The van der Waals surface area contributed by atoms with Crippen LogP contribution in [-0.2, 0) is 6.18 Å². The number of alkyl halides is 3. The van der Waals surface area contributed by atoms with Crippen molar-refractivity contribution in [2.45, 2.75) is 16.0 Å². The van der Waals surface area contributed by atoms with Crippen molar-refractivity contribution in [2.75, 3.05) is 10.6 Å². The first-order valence-electron chi connectivity index (χ1n) is 8.49. The number of nitro benzene ring substituents is 1. The summed E-state index contributed by atoms with van der Waals surface area (Å²) in [4.78, 5) is 23.9. The van der Waals surface area contributed by atoms with E-state index < -0.39 is 22.7 Å². The molecule has 0 spiro atoms. The highest BCUT2D eigenvalue weighted by atomic mass is 32.2. The normalized spacial score (nSPS) is 11.0. The third-order valence-electron chi connectivity index (χ3n) is 3.88. The highest BCUT2D eigenvalue weighted by Crippen LogP contribution is 2.34. The Kier molecular flexibility index (Phi) is 6.26. The summed E-state index contributed by atoms with van der Waals surface area (Å²) in [7, 11) is 0. The second-order valence-corrected chi connectivity index (χ2v) is 7.12. The van der Waals surface area contributed by atoms with Gasteiger partial charge < -0.3 is 10.6 Å². The largest absolute Gasteiger partial charge is 0.416 e. The molecule has 3 aromatic carbocycles. The van der Waals surface area contributed by atoms with Crippen LogP contribution in [0.5, 0.6) is 0 Å². The Balaban J connectivity index is 1.68. The van der Waals surface area contributed by atoms with Gasteiger partial charge in [0.25, 0.3) is 5.69 Å². The van der Waals surface area contributed by atoms with Crippen molar-refractivity contribution in [1.82, 2.24) is 0 Å². The first-order chi connectivity index (χ1) is 14.2. The van der Waals surface area contributed by atoms with E-state index in [1.165, 1.54) is 36.0 Å². The van der Waals surface area contributed by atoms with Crippen molar-refractivity contribution < 1.29 is 22.9 Å². The molecule has 0 fully saturated rings. The average molecular weight is 433 g/mol. The Bertz CT molecular complexity index is 1060. The highest BCUT2D eigenvalue weighted by molar-refractivity contribution is 7.99. The van der Waals surface area contributed by atoms with Gasteiger partial charge in [-0.2, -0.15) is 13.2 Å². The van der Waals surface area contributed by atoms with Crippen LogP contribution in [0.3, 0.4) is 0 Å². The van der Waals surface area contributed by atoms with Crippen LogP contribution >= 0.6 is 11.8 Å². The molecule has 0 aliphatic carbocycles. The third kappa shape index (κ3) is 5.51. The van der Waals surface area contributed by atoms with E-state index in [2.05, 4.69) is 10.6 Å². The van der Waals surface area contributed by atoms with E-state index in [1.807, 2.05) is 0 Å². The Morgan fingerprint density at radius 2 is 1.53 bits per heavy atom. The minimum Gasteiger partial charge on any atom is -0.308 e. The number of nitrogens with zero attached hydrogens (tertiary/aromatic N) is 1. The molecule has 10 heteroatoms. The SMILES string of the molecule is O=C(Nc1ccc(C(F)(F)F)cc1)Nc1ccccc1Sc1ccc([N+](=O)[O-])cc1. The fraction of sp³-hybridized carbons (Fsp3) is 0.0500. The van der Waals surface area contributed by atoms with Crippen LogP contribution in [0.4, 0.5) is 35.0 Å². The molecule has 154 valence electrons. The van der Waals surface area contributed by atoms with Crippen LogP contribution in [-0.4, -0.2) is 11.0 Å². The number of non-ortho nitro benzene ring substituents is 1. The lowest BCUT2D eigenvalue weighted by atomic mass is 10.2. The molecule has 0 aromatic heterocycles. The number of nitro groups is 1. The standard InChI is InChI=1S/C20H14F3N3O3S/c21-20(22,23)13-5-7-14(8-6-13)24-19(27)25-17-3-1-2-4-18(17)30-16-11-9-15(10-12-16)26(28)29/h1-12H,(H2,24,25,27). The molecule has 0 aliphatic heterocycles. The number of nitrogens with one attached hydrogen (secondary N) is 2. The van der Waals surface area contributed by atoms with Crippen molar-refractivity contribution in [3.63, 3.8) is 0 Å². The van der Waals surface area contributed by atoms with Gasteiger partial charge in [0, 0.05) is 27.6 Å². The molecule has 2 N–H and O–H groups in total. The first-order valence-corrected chi connectivity index (χ1v) is 9.30. The number of carbonyl (C=O) groups is 1. The molecular weight excluding hydrogens is 419 g/mol. The molecule has 0 unspecified atom stereocenters. The van der Waals surface area contributed by atoms with E-state index >= 15 is 0 Å². The van der Waals surface area contributed by atoms with Gasteiger partial charge in [-0.05, 0) is 48.5 Å². The molecule has 30 heavy (non-hydrogen) atoms. The molecular formula is C20H14F3N3O3S. The minimum absolute atomic E-state index is 0.0262. The Morgan fingerprint density at radius 1 is 0.900 bits per heavy atom. The van der Waals surface area contributed by atoms with Crippen LogP contribution in [0.1, 0.15) is 5.56 Å². The second kappa shape index (κ2) is 8.87. The zero-order valence-electron chi connectivity index (χ0n) is 15.1. The number of para-hydroxylation sites is 1. The molecule has 6 nitrogen and oxygen atoms in total. The summed E-state index contributed by atoms with van der Waals surface area (Å²) in [6.07, 6.45) is -4.45. The maximum absolute atomic E-state index is 12.6. The predicted octanol–water partition coefficient (Wildman–Crippen LogP) is 6.41. The maximum Gasteiger partial charge on any atom is 0.416 e. The molecule has 0 saturated heterocycles. The molecule has 2 amide bonds. The molecule has 0 aliphatic rings. The summed E-state index contributed by atoms with van der Waals surface area (Å²) in [5, 5.41) is 15.9. The summed E-state index contributed by atoms with van der Waals surface area (Å²) in [5.41, 5.74) is -0.147. The van der Waals surface area contributed by atoms with Crippen LogP contribution < -0.4 is 10.6 Å². The van der Waals surface area contributed by atoms with Crippen LogP contribution in [0.25, 0.3) is 0 Å². The molecule has 0 heterocycles. The third-order valence-corrected chi connectivity index (χ3v) is 4.96. The van der Waals surface area contributed by atoms with Crippen molar-refractivity contribution in [3.05, 3.63) is 88.5 Å². The number of benzene rings is 3. The highest BCUT2D eigenvalue weighted by Gasteiger charge is 2.30. The van der Waals surface area contributed by atoms with Crippen molar-refractivity contribution in [3.8, 4) is 0 Å². The summed E-state index contributed by atoms with van der Waals surface area (Å²) in [6.45, 7) is 0. The number of rotatable bonds is 5. The Morgan fingerprint density at radius 3 is 2.13 bits per heavy atom. The smallest absolute Gasteiger partial charge is 0.308 e. The lowest BCUT2D eigenvalue weighted by Gasteiger charge is -2.12. The lowest BCUT2D eigenvalue weighted by Crippen LogP contribution is -2.19. The first kappa shape index (κ1) is 21.2. The summed E-state index contributed by atoms with van der Waals surface area (Å²) < 4.78 is 37.9. The van der Waals surface area contributed by atoms with Crippen molar-refractivity contribution in [1.29, 1.82) is 0 Å². The minimum atomic E-state index is -4.45. The molecule has 0 bridgehead atoms. The van der Waals surface area contributed by atoms with E-state index in [0.717, 1.165) is 17.0 Å². The summed E-state index contributed by atoms with van der Waals surface area (Å²) in [5.74, 6) is 0. The van der Waals surface area contributed by atoms with Crippen LogP contribution in [0.2, 0.25) is 0 Å². The predicted molar refractivity (Wildman–Crippen MR) is 108 cm³/mol.